The number of fused-ring (bicyclic) bond motifs is 1. The van der Waals surface area contributed by atoms with Crippen LogP contribution in [-0.2, 0) is 20.9 Å². The number of likely N-dealkylation sites (tertiary alicyclic amines) is 1. The van der Waals surface area contributed by atoms with Crippen LogP contribution in [0.15, 0.2) is 42.5 Å². The molecule has 4 heterocycles. The van der Waals surface area contributed by atoms with E-state index in [1.165, 1.54) is 4.90 Å². The van der Waals surface area contributed by atoms with Crippen molar-refractivity contribution < 1.29 is 28.7 Å². The molecule has 10 heteroatoms. The van der Waals surface area contributed by atoms with Gasteiger partial charge in [-0.05, 0) is 73.7 Å². The number of ether oxygens (including phenoxy) is 2. The predicted octanol–water partition coefficient (Wildman–Crippen LogP) is 2.36. The molecule has 4 aliphatic heterocycles. The van der Waals surface area contributed by atoms with Gasteiger partial charge in [-0.2, -0.15) is 0 Å². The monoisotopic (exact) mass is 546 g/mol. The van der Waals surface area contributed by atoms with E-state index in [-0.39, 0.29) is 30.2 Å². The summed E-state index contributed by atoms with van der Waals surface area (Å²) < 4.78 is 11.6. The molecule has 6 rings (SSSR count). The third-order valence-electron chi connectivity index (χ3n) is 8.32. The molecule has 0 spiro atoms. The molecule has 0 bridgehead atoms. The number of imide groups is 1. The van der Waals surface area contributed by atoms with E-state index in [9.17, 15) is 19.2 Å². The number of nitrogens with zero attached hydrogens (tertiary/aromatic N) is 3. The number of hydrogen-bond acceptors (Lipinski definition) is 7. The first kappa shape index (κ1) is 26.3. The van der Waals surface area contributed by atoms with E-state index in [1.807, 2.05) is 35.2 Å². The molecule has 4 amide bonds. The SMILES string of the molecule is O=C1CCC(N2Cc3cc(OC[C@@H]4CCCCN4C(=O)c4ccc(N5CCOCC5)cc4)ccc3C2=O)C(=O)N1. The summed E-state index contributed by atoms with van der Waals surface area (Å²) in [5.74, 6) is -0.293. The lowest BCUT2D eigenvalue weighted by Gasteiger charge is -2.36. The van der Waals surface area contributed by atoms with Gasteiger partial charge in [0.05, 0.1) is 19.3 Å². The van der Waals surface area contributed by atoms with E-state index in [2.05, 4.69) is 10.2 Å². The minimum absolute atomic E-state index is 0.0151. The molecular weight excluding hydrogens is 512 g/mol. The van der Waals surface area contributed by atoms with Crippen LogP contribution in [0.3, 0.4) is 0 Å². The van der Waals surface area contributed by atoms with Crippen molar-refractivity contribution >= 4 is 29.3 Å². The van der Waals surface area contributed by atoms with Crippen LogP contribution in [0, 0.1) is 0 Å². The largest absolute Gasteiger partial charge is 0.491 e. The number of carbonyl (C=O) groups is 4. The predicted molar refractivity (Wildman–Crippen MR) is 146 cm³/mol. The molecule has 4 aliphatic rings. The number of nitrogens with one attached hydrogen (secondary N) is 1. The molecule has 0 radical (unpaired) electrons. The van der Waals surface area contributed by atoms with Gasteiger partial charge in [0.2, 0.25) is 11.8 Å². The summed E-state index contributed by atoms with van der Waals surface area (Å²) in [7, 11) is 0. The average molecular weight is 547 g/mol. The minimum Gasteiger partial charge on any atom is -0.491 e. The Balaban J connectivity index is 1.09. The van der Waals surface area contributed by atoms with Gasteiger partial charge in [0.25, 0.3) is 11.8 Å². The fourth-order valence-electron chi connectivity index (χ4n) is 6.08. The van der Waals surface area contributed by atoms with Crippen LogP contribution < -0.4 is 15.0 Å². The highest BCUT2D eigenvalue weighted by Gasteiger charge is 2.39. The van der Waals surface area contributed by atoms with Crippen molar-refractivity contribution in [2.45, 2.75) is 50.7 Å². The van der Waals surface area contributed by atoms with Gasteiger partial charge in [-0.1, -0.05) is 0 Å². The molecular formula is C30H34N4O6. The van der Waals surface area contributed by atoms with Crippen LogP contribution in [-0.4, -0.2) is 85.0 Å². The van der Waals surface area contributed by atoms with E-state index in [0.29, 0.717) is 43.0 Å². The summed E-state index contributed by atoms with van der Waals surface area (Å²) in [6.45, 7) is 4.49. The highest BCUT2D eigenvalue weighted by Crippen LogP contribution is 2.31. The lowest BCUT2D eigenvalue weighted by atomic mass is 10.0. The molecule has 0 aromatic heterocycles. The maximum absolute atomic E-state index is 13.5. The zero-order chi connectivity index (χ0) is 27.6. The van der Waals surface area contributed by atoms with Gasteiger partial charge in [0.15, 0.2) is 0 Å². The van der Waals surface area contributed by atoms with E-state index in [4.69, 9.17) is 9.47 Å². The maximum Gasteiger partial charge on any atom is 0.255 e. The Morgan fingerprint density at radius 1 is 0.975 bits per heavy atom. The first-order chi connectivity index (χ1) is 19.5. The Labute approximate surface area is 233 Å². The van der Waals surface area contributed by atoms with Crippen molar-refractivity contribution in [2.24, 2.45) is 0 Å². The molecule has 40 heavy (non-hydrogen) atoms. The van der Waals surface area contributed by atoms with Crippen molar-refractivity contribution in [3.8, 4) is 5.75 Å². The number of rotatable bonds is 6. The highest BCUT2D eigenvalue weighted by molar-refractivity contribution is 6.05. The number of morpholine rings is 1. The van der Waals surface area contributed by atoms with Gasteiger partial charge in [-0.25, -0.2) is 0 Å². The minimum atomic E-state index is -0.647. The van der Waals surface area contributed by atoms with E-state index < -0.39 is 11.9 Å². The number of anilines is 1. The van der Waals surface area contributed by atoms with Crippen molar-refractivity contribution in [1.29, 1.82) is 0 Å². The highest BCUT2D eigenvalue weighted by atomic mass is 16.5. The summed E-state index contributed by atoms with van der Waals surface area (Å²) in [6.07, 6.45) is 3.41. The van der Waals surface area contributed by atoms with Crippen LogP contribution >= 0.6 is 0 Å². The third kappa shape index (κ3) is 5.28. The zero-order valence-electron chi connectivity index (χ0n) is 22.5. The van der Waals surface area contributed by atoms with Gasteiger partial charge in [0.1, 0.15) is 18.4 Å². The van der Waals surface area contributed by atoms with Gasteiger partial charge in [-0.15, -0.1) is 0 Å². The second-order valence-electron chi connectivity index (χ2n) is 10.8. The van der Waals surface area contributed by atoms with Crippen LogP contribution in [0.5, 0.6) is 5.75 Å². The Morgan fingerprint density at radius 3 is 2.55 bits per heavy atom. The van der Waals surface area contributed by atoms with Crippen LogP contribution in [0.4, 0.5) is 5.69 Å². The van der Waals surface area contributed by atoms with Gasteiger partial charge in [-0.3, -0.25) is 24.5 Å². The van der Waals surface area contributed by atoms with Crippen molar-refractivity contribution in [3.63, 3.8) is 0 Å². The number of piperidine rings is 2. The Bertz CT molecular complexity index is 1310. The lowest BCUT2D eigenvalue weighted by molar-refractivity contribution is -0.136. The fraction of sp³-hybridized carbons (Fsp3) is 0.467. The van der Waals surface area contributed by atoms with Gasteiger partial charge < -0.3 is 24.2 Å². The molecule has 210 valence electrons. The standard InChI is InChI=1S/C30H34N4O6/c35-27-11-10-26(28(36)31-27)34-18-21-17-24(8-9-25(21)30(34)38)40-19-23-3-1-2-12-33(23)29(37)20-4-6-22(7-5-20)32-13-15-39-16-14-32/h4-9,17,23,26H,1-3,10-16,18-19H2,(H,31,35,36)/t23-,26?/m0/s1. The molecule has 0 aliphatic carbocycles. The molecule has 1 N–H and O–H groups in total. The summed E-state index contributed by atoms with van der Waals surface area (Å²) in [5.41, 5.74) is 3.12. The fourth-order valence-corrected chi connectivity index (χ4v) is 6.08. The van der Waals surface area contributed by atoms with E-state index in [0.717, 1.165) is 56.8 Å². The zero-order valence-corrected chi connectivity index (χ0v) is 22.5. The van der Waals surface area contributed by atoms with Crippen LogP contribution in [0.2, 0.25) is 0 Å². The first-order valence-electron chi connectivity index (χ1n) is 14.1. The van der Waals surface area contributed by atoms with Crippen molar-refractivity contribution in [1.82, 2.24) is 15.1 Å². The second kappa shape index (κ2) is 11.3. The van der Waals surface area contributed by atoms with E-state index >= 15 is 0 Å². The molecule has 0 saturated carbocycles. The maximum atomic E-state index is 13.5. The lowest BCUT2D eigenvalue weighted by Crippen LogP contribution is -2.52. The molecule has 3 saturated heterocycles. The number of hydrogen-bond donors (Lipinski definition) is 1. The van der Waals surface area contributed by atoms with Crippen LogP contribution in [0.1, 0.15) is 58.4 Å². The Hall–Kier alpha value is -3.92. The van der Waals surface area contributed by atoms with Crippen molar-refractivity contribution in [2.75, 3.05) is 44.4 Å². The molecule has 10 nitrogen and oxygen atoms in total. The smallest absolute Gasteiger partial charge is 0.255 e. The van der Waals surface area contributed by atoms with Gasteiger partial charge in [0, 0.05) is 49.4 Å². The first-order valence-corrected chi connectivity index (χ1v) is 14.1. The molecule has 3 fully saturated rings. The van der Waals surface area contributed by atoms with Gasteiger partial charge >= 0.3 is 0 Å². The van der Waals surface area contributed by atoms with E-state index in [1.54, 1.807) is 12.1 Å². The second-order valence-corrected chi connectivity index (χ2v) is 10.8. The Morgan fingerprint density at radius 2 is 1.77 bits per heavy atom. The number of amides is 4. The topological polar surface area (TPSA) is 108 Å². The summed E-state index contributed by atoms with van der Waals surface area (Å²) in [4.78, 5) is 56.0. The number of benzene rings is 2. The molecule has 1 unspecified atom stereocenters. The quantitative estimate of drug-likeness (QED) is 0.554. The Kier molecular flexibility index (Phi) is 7.42. The summed E-state index contributed by atoms with van der Waals surface area (Å²) in [5, 5.41) is 2.33. The third-order valence-corrected chi connectivity index (χ3v) is 8.32. The molecule has 2 aromatic carbocycles. The summed E-state index contributed by atoms with van der Waals surface area (Å²) >= 11 is 0. The molecule has 2 atom stereocenters. The van der Waals surface area contributed by atoms with Crippen LogP contribution in [0.25, 0.3) is 0 Å². The molecule has 2 aromatic rings. The average Bonchev–Trinajstić information content (AvgIpc) is 3.31. The number of carbonyl (C=O) groups excluding carboxylic acids is 4. The summed E-state index contributed by atoms with van der Waals surface area (Å²) in [6, 6.07) is 12.5. The van der Waals surface area contributed by atoms with Crippen molar-refractivity contribution in [3.05, 3.63) is 59.2 Å². The normalized spacial score (nSPS) is 23.2.